The van der Waals surface area contributed by atoms with E-state index >= 15 is 0 Å². The summed E-state index contributed by atoms with van der Waals surface area (Å²) in [6, 6.07) is 10.2. The Morgan fingerprint density at radius 1 is 1.15 bits per heavy atom. The molecule has 1 fully saturated rings. The van der Waals surface area contributed by atoms with Gasteiger partial charge in [0.05, 0.1) is 18.8 Å². The molecule has 0 radical (unpaired) electrons. The molecular weight excluding hydrogens is 332 g/mol. The molecule has 0 atom stereocenters. The molecule has 1 aliphatic heterocycles. The van der Waals surface area contributed by atoms with E-state index < -0.39 is 0 Å². The van der Waals surface area contributed by atoms with Crippen molar-refractivity contribution in [3.8, 4) is 0 Å². The molecule has 0 saturated carbocycles. The largest absolute Gasteiger partial charge is 0.354 e. The fraction of sp³-hybridized carbons (Fsp3) is 0.444. The standard InChI is InChI=1S/C18H24N6O2/c25-17(20-11-6-14-4-2-1-3-5-14)12-21-18(26)16-13-24(23-22-16)15-7-9-19-10-8-15/h1-5,13,15,19H,6-12H2,(H,20,25)(H,21,26). The second-order valence-corrected chi connectivity index (χ2v) is 6.33. The van der Waals surface area contributed by atoms with Gasteiger partial charge in [0.2, 0.25) is 5.91 Å². The van der Waals surface area contributed by atoms with Crippen molar-refractivity contribution >= 4 is 11.8 Å². The van der Waals surface area contributed by atoms with Gasteiger partial charge in [0.25, 0.3) is 5.91 Å². The first-order valence-electron chi connectivity index (χ1n) is 8.94. The number of benzene rings is 1. The number of carbonyl (C=O) groups excluding carboxylic acids is 2. The van der Waals surface area contributed by atoms with Crippen LogP contribution in [-0.4, -0.2) is 53.0 Å². The number of hydrogen-bond acceptors (Lipinski definition) is 5. The molecule has 26 heavy (non-hydrogen) atoms. The van der Waals surface area contributed by atoms with Crippen LogP contribution >= 0.6 is 0 Å². The van der Waals surface area contributed by atoms with Gasteiger partial charge in [0.15, 0.2) is 5.69 Å². The molecular formula is C18H24N6O2. The number of hydrogen-bond donors (Lipinski definition) is 3. The van der Waals surface area contributed by atoms with Crippen molar-refractivity contribution in [2.45, 2.75) is 25.3 Å². The highest BCUT2D eigenvalue weighted by Gasteiger charge is 2.18. The fourth-order valence-corrected chi connectivity index (χ4v) is 2.94. The zero-order chi connectivity index (χ0) is 18.2. The van der Waals surface area contributed by atoms with Gasteiger partial charge in [0, 0.05) is 6.54 Å². The average Bonchev–Trinajstić information content (AvgIpc) is 3.18. The van der Waals surface area contributed by atoms with Gasteiger partial charge in [-0.05, 0) is 37.9 Å². The minimum atomic E-state index is -0.386. The van der Waals surface area contributed by atoms with Crippen molar-refractivity contribution in [1.29, 1.82) is 0 Å². The first-order chi connectivity index (χ1) is 12.7. The summed E-state index contributed by atoms with van der Waals surface area (Å²) in [5.74, 6) is -0.608. The van der Waals surface area contributed by atoms with E-state index in [-0.39, 0.29) is 30.1 Å². The maximum absolute atomic E-state index is 12.1. The highest BCUT2D eigenvalue weighted by molar-refractivity contribution is 5.94. The summed E-state index contributed by atoms with van der Waals surface area (Å²) in [7, 11) is 0. The molecule has 0 aliphatic carbocycles. The zero-order valence-corrected chi connectivity index (χ0v) is 14.6. The summed E-state index contributed by atoms with van der Waals surface area (Å²) in [5, 5.41) is 16.6. The van der Waals surface area contributed by atoms with Gasteiger partial charge in [0.1, 0.15) is 0 Å². The molecule has 0 bridgehead atoms. The third-order valence-electron chi connectivity index (χ3n) is 4.41. The lowest BCUT2D eigenvalue weighted by molar-refractivity contribution is -0.120. The molecule has 8 heteroatoms. The van der Waals surface area contributed by atoms with E-state index in [9.17, 15) is 9.59 Å². The quantitative estimate of drug-likeness (QED) is 0.662. The van der Waals surface area contributed by atoms with Crippen LogP contribution in [0.2, 0.25) is 0 Å². The SMILES string of the molecule is O=C(CNC(=O)c1cn(C2CCNCC2)nn1)NCCc1ccccc1. The summed E-state index contributed by atoms with van der Waals surface area (Å²) in [6.07, 6.45) is 4.34. The first-order valence-corrected chi connectivity index (χ1v) is 8.94. The van der Waals surface area contributed by atoms with E-state index in [4.69, 9.17) is 0 Å². The number of nitrogens with one attached hydrogen (secondary N) is 3. The minimum Gasteiger partial charge on any atom is -0.354 e. The number of piperidine rings is 1. The number of nitrogens with zero attached hydrogens (tertiary/aromatic N) is 3. The average molecular weight is 356 g/mol. The highest BCUT2D eigenvalue weighted by Crippen LogP contribution is 2.16. The Labute approximate surface area is 152 Å². The Hall–Kier alpha value is -2.74. The molecule has 8 nitrogen and oxygen atoms in total. The van der Waals surface area contributed by atoms with Crippen molar-refractivity contribution in [2.24, 2.45) is 0 Å². The van der Waals surface area contributed by atoms with Crippen LogP contribution in [0.4, 0.5) is 0 Å². The van der Waals surface area contributed by atoms with E-state index in [1.807, 2.05) is 30.3 Å². The number of rotatable bonds is 7. The summed E-state index contributed by atoms with van der Waals surface area (Å²) in [6.45, 7) is 2.34. The molecule has 2 heterocycles. The van der Waals surface area contributed by atoms with Crippen LogP contribution in [0.3, 0.4) is 0 Å². The number of aromatic nitrogens is 3. The Morgan fingerprint density at radius 3 is 2.69 bits per heavy atom. The lowest BCUT2D eigenvalue weighted by Crippen LogP contribution is -2.37. The normalized spacial score (nSPS) is 14.8. The van der Waals surface area contributed by atoms with Crippen molar-refractivity contribution in [3.05, 3.63) is 47.8 Å². The second kappa shape index (κ2) is 9.10. The van der Waals surface area contributed by atoms with E-state index in [0.717, 1.165) is 37.9 Å². The lowest BCUT2D eigenvalue weighted by Gasteiger charge is -2.22. The maximum Gasteiger partial charge on any atom is 0.273 e. The molecule has 1 saturated heterocycles. The van der Waals surface area contributed by atoms with E-state index in [1.165, 1.54) is 0 Å². The summed E-state index contributed by atoms with van der Waals surface area (Å²) >= 11 is 0. The third kappa shape index (κ3) is 5.13. The molecule has 2 amide bonds. The van der Waals surface area contributed by atoms with Gasteiger partial charge in [-0.15, -0.1) is 5.10 Å². The Bertz CT molecular complexity index is 724. The number of amides is 2. The van der Waals surface area contributed by atoms with Crippen molar-refractivity contribution in [1.82, 2.24) is 30.9 Å². The summed E-state index contributed by atoms with van der Waals surface area (Å²) < 4.78 is 1.75. The van der Waals surface area contributed by atoms with Crippen molar-refractivity contribution < 1.29 is 9.59 Å². The predicted molar refractivity (Wildman–Crippen MR) is 96.7 cm³/mol. The molecule has 1 aliphatic rings. The Kier molecular flexibility index (Phi) is 6.32. The van der Waals surface area contributed by atoms with Gasteiger partial charge in [-0.25, -0.2) is 4.68 Å². The molecule has 0 unspecified atom stereocenters. The molecule has 2 aromatic rings. The first kappa shape index (κ1) is 18.1. The second-order valence-electron chi connectivity index (χ2n) is 6.33. The van der Waals surface area contributed by atoms with E-state index in [1.54, 1.807) is 10.9 Å². The lowest BCUT2D eigenvalue weighted by atomic mass is 10.1. The van der Waals surface area contributed by atoms with Crippen LogP contribution in [0.1, 0.15) is 34.9 Å². The third-order valence-corrected chi connectivity index (χ3v) is 4.41. The fourth-order valence-electron chi connectivity index (χ4n) is 2.94. The van der Waals surface area contributed by atoms with Crippen LogP contribution in [0.15, 0.2) is 36.5 Å². The molecule has 3 rings (SSSR count). The minimum absolute atomic E-state index is 0.0756. The predicted octanol–water partition coefficient (Wildman–Crippen LogP) is 0.291. The molecule has 138 valence electrons. The zero-order valence-electron chi connectivity index (χ0n) is 14.6. The van der Waals surface area contributed by atoms with Gasteiger partial charge in [-0.2, -0.15) is 0 Å². The van der Waals surface area contributed by atoms with Gasteiger partial charge < -0.3 is 16.0 Å². The van der Waals surface area contributed by atoms with Crippen LogP contribution < -0.4 is 16.0 Å². The highest BCUT2D eigenvalue weighted by atomic mass is 16.2. The van der Waals surface area contributed by atoms with Crippen LogP contribution in [0, 0.1) is 0 Å². The molecule has 0 spiro atoms. The van der Waals surface area contributed by atoms with E-state index in [0.29, 0.717) is 6.54 Å². The van der Waals surface area contributed by atoms with Crippen LogP contribution in [0.5, 0.6) is 0 Å². The molecule has 3 N–H and O–H groups in total. The molecule has 1 aromatic heterocycles. The Balaban J connectivity index is 1.39. The van der Waals surface area contributed by atoms with Crippen LogP contribution in [0.25, 0.3) is 0 Å². The Morgan fingerprint density at radius 2 is 1.92 bits per heavy atom. The summed E-state index contributed by atoms with van der Waals surface area (Å²) in [4.78, 5) is 24.0. The topological polar surface area (TPSA) is 101 Å². The summed E-state index contributed by atoms with van der Waals surface area (Å²) in [5.41, 5.74) is 1.40. The monoisotopic (exact) mass is 356 g/mol. The van der Waals surface area contributed by atoms with Crippen LogP contribution in [-0.2, 0) is 11.2 Å². The van der Waals surface area contributed by atoms with Gasteiger partial charge in [-0.1, -0.05) is 35.5 Å². The number of carbonyl (C=O) groups is 2. The van der Waals surface area contributed by atoms with Crippen molar-refractivity contribution in [3.63, 3.8) is 0 Å². The van der Waals surface area contributed by atoms with Gasteiger partial charge in [-0.3, -0.25) is 9.59 Å². The van der Waals surface area contributed by atoms with E-state index in [2.05, 4.69) is 26.3 Å². The smallest absolute Gasteiger partial charge is 0.273 e. The maximum atomic E-state index is 12.1. The molecule has 1 aromatic carbocycles. The van der Waals surface area contributed by atoms with Crippen molar-refractivity contribution in [2.75, 3.05) is 26.2 Å². The van der Waals surface area contributed by atoms with Gasteiger partial charge >= 0.3 is 0 Å².